The lowest BCUT2D eigenvalue weighted by atomic mass is 9.96. The van der Waals surface area contributed by atoms with Crippen LogP contribution in [-0.4, -0.2) is 7.11 Å². The van der Waals surface area contributed by atoms with Crippen LogP contribution in [-0.2, 0) is 6.42 Å². The molecule has 1 aromatic carbocycles. The molecule has 0 fully saturated rings. The highest BCUT2D eigenvalue weighted by atomic mass is 35.5. The van der Waals surface area contributed by atoms with E-state index in [1.807, 2.05) is 39.0 Å². The molecule has 0 spiro atoms. The van der Waals surface area contributed by atoms with E-state index in [-0.39, 0.29) is 6.04 Å². The molecule has 0 saturated heterocycles. The van der Waals surface area contributed by atoms with Crippen LogP contribution in [0, 0.1) is 20.8 Å². The molecule has 0 amide bonds. The van der Waals surface area contributed by atoms with E-state index in [2.05, 4.69) is 0 Å². The van der Waals surface area contributed by atoms with Crippen molar-refractivity contribution in [2.24, 2.45) is 5.73 Å². The number of aryl methyl sites for hydroxylation is 2. The van der Waals surface area contributed by atoms with Gasteiger partial charge in [-0.3, -0.25) is 0 Å². The van der Waals surface area contributed by atoms with Gasteiger partial charge in [-0.05, 0) is 56.5 Å². The highest BCUT2D eigenvalue weighted by Crippen LogP contribution is 2.31. The van der Waals surface area contributed by atoms with Crippen LogP contribution >= 0.6 is 11.6 Å². The summed E-state index contributed by atoms with van der Waals surface area (Å²) in [7, 11) is 1.65. The highest BCUT2D eigenvalue weighted by molar-refractivity contribution is 6.30. The average molecular weight is 294 g/mol. The minimum Gasteiger partial charge on any atom is -0.496 e. The molecule has 0 aliphatic heterocycles. The summed E-state index contributed by atoms with van der Waals surface area (Å²) in [5.74, 6) is 2.61. The molecule has 0 bridgehead atoms. The van der Waals surface area contributed by atoms with Crippen LogP contribution in [0.5, 0.6) is 5.75 Å². The Kier molecular flexibility index (Phi) is 4.41. The second-order valence-electron chi connectivity index (χ2n) is 5.02. The predicted molar refractivity (Wildman–Crippen MR) is 81.6 cm³/mol. The molecule has 1 unspecified atom stereocenters. The maximum atomic E-state index is 6.36. The Bertz CT molecular complexity index is 619. The monoisotopic (exact) mass is 293 g/mol. The number of furan rings is 1. The summed E-state index contributed by atoms with van der Waals surface area (Å²) in [4.78, 5) is 0. The molecule has 0 aliphatic carbocycles. The van der Waals surface area contributed by atoms with Gasteiger partial charge in [0.2, 0.25) is 0 Å². The van der Waals surface area contributed by atoms with Crippen molar-refractivity contribution in [3.05, 3.63) is 51.4 Å². The van der Waals surface area contributed by atoms with Crippen molar-refractivity contribution in [3.63, 3.8) is 0 Å². The van der Waals surface area contributed by atoms with E-state index in [1.165, 1.54) is 0 Å². The van der Waals surface area contributed by atoms with Crippen LogP contribution in [0.1, 0.15) is 34.3 Å². The lowest BCUT2D eigenvalue weighted by molar-refractivity contribution is 0.408. The van der Waals surface area contributed by atoms with Crippen LogP contribution in [0.25, 0.3) is 0 Å². The summed E-state index contributed by atoms with van der Waals surface area (Å²) >= 11 is 6.06. The summed E-state index contributed by atoms with van der Waals surface area (Å²) in [6, 6.07) is 5.44. The van der Waals surface area contributed by atoms with E-state index in [1.54, 1.807) is 7.11 Å². The van der Waals surface area contributed by atoms with E-state index in [0.717, 1.165) is 34.0 Å². The number of nitrogens with two attached hydrogens (primary N) is 1. The van der Waals surface area contributed by atoms with Gasteiger partial charge in [-0.25, -0.2) is 0 Å². The number of hydrogen-bond donors (Lipinski definition) is 1. The van der Waals surface area contributed by atoms with E-state index in [4.69, 9.17) is 26.5 Å². The summed E-state index contributed by atoms with van der Waals surface area (Å²) in [6.07, 6.45) is 0.657. The molecule has 3 nitrogen and oxygen atoms in total. The van der Waals surface area contributed by atoms with Crippen LogP contribution in [0.4, 0.5) is 0 Å². The van der Waals surface area contributed by atoms with Gasteiger partial charge in [0.25, 0.3) is 0 Å². The number of hydrogen-bond acceptors (Lipinski definition) is 3. The van der Waals surface area contributed by atoms with Gasteiger partial charge in [-0.15, -0.1) is 0 Å². The van der Waals surface area contributed by atoms with Gasteiger partial charge in [0.1, 0.15) is 17.3 Å². The number of methoxy groups -OCH3 is 1. The maximum Gasteiger partial charge on any atom is 0.122 e. The Hall–Kier alpha value is -1.45. The first-order valence-corrected chi connectivity index (χ1v) is 6.96. The third-order valence-corrected chi connectivity index (χ3v) is 3.91. The quantitative estimate of drug-likeness (QED) is 0.923. The summed E-state index contributed by atoms with van der Waals surface area (Å²) < 4.78 is 11.0. The van der Waals surface area contributed by atoms with E-state index in [9.17, 15) is 0 Å². The third-order valence-electron chi connectivity index (χ3n) is 3.67. The first-order valence-electron chi connectivity index (χ1n) is 6.58. The molecule has 0 aliphatic rings. The standard InChI is InChI=1S/C16H20ClNO2/c1-9-10(2)20-11(3)16(9)14(18)8-12-7-13(17)5-6-15(12)19-4/h5-7,14H,8,18H2,1-4H3. The van der Waals surface area contributed by atoms with Crippen molar-refractivity contribution < 1.29 is 9.15 Å². The Morgan fingerprint density at radius 3 is 2.50 bits per heavy atom. The zero-order chi connectivity index (χ0) is 14.9. The lowest BCUT2D eigenvalue weighted by Gasteiger charge is -2.15. The molecule has 2 N–H and O–H groups in total. The molecule has 1 aromatic heterocycles. The van der Waals surface area contributed by atoms with Gasteiger partial charge in [0, 0.05) is 16.6 Å². The fourth-order valence-electron chi connectivity index (χ4n) is 2.60. The minimum atomic E-state index is -0.139. The number of halogens is 1. The smallest absolute Gasteiger partial charge is 0.122 e. The molecular formula is C16H20ClNO2. The fourth-order valence-corrected chi connectivity index (χ4v) is 2.79. The van der Waals surface area contributed by atoms with E-state index < -0.39 is 0 Å². The molecule has 20 heavy (non-hydrogen) atoms. The molecule has 2 aromatic rings. The van der Waals surface area contributed by atoms with Gasteiger partial charge >= 0.3 is 0 Å². The molecule has 1 heterocycles. The van der Waals surface area contributed by atoms with Crippen LogP contribution in [0.2, 0.25) is 5.02 Å². The Morgan fingerprint density at radius 1 is 1.25 bits per heavy atom. The molecule has 2 rings (SSSR count). The molecule has 0 saturated carbocycles. The molecule has 0 radical (unpaired) electrons. The summed E-state index contributed by atoms with van der Waals surface area (Å²) in [5, 5.41) is 0.685. The zero-order valence-corrected chi connectivity index (χ0v) is 13.0. The lowest BCUT2D eigenvalue weighted by Crippen LogP contribution is -2.15. The van der Waals surface area contributed by atoms with Crippen LogP contribution < -0.4 is 10.5 Å². The van der Waals surface area contributed by atoms with Gasteiger partial charge in [0.05, 0.1) is 7.11 Å². The molecule has 4 heteroatoms. The molecule has 1 atom stereocenters. The maximum absolute atomic E-state index is 6.36. The second-order valence-corrected chi connectivity index (χ2v) is 5.46. The third kappa shape index (κ3) is 2.84. The molecule has 108 valence electrons. The SMILES string of the molecule is COc1ccc(Cl)cc1CC(N)c1c(C)oc(C)c1C. The number of ether oxygens (including phenoxy) is 1. The van der Waals surface area contributed by atoms with Crippen molar-refractivity contribution in [1.82, 2.24) is 0 Å². The van der Waals surface area contributed by atoms with Gasteiger partial charge in [-0.1, -0.05) is 11.6 Å². The number of benzene rings is 1. The Balaban J connectivity index is 2.32. The average Bonchev–Trinajstić information content (AvgIpc) is 2.63. The van der Waals surface area contributed by atoms with Crippen LogP contribution in [0.3, 0.4) is 0 Å². The predicted octanol–water partition coefficient (Wildman–Crippen LogP) is 4.11. The van der Waals surface area contributed by atoms with E-state index >= 15 is 0 Å². The number of rotatable bonds is 4. The normalized spacial score (nSPS) is 12.5. The largest absolute Gasteiger partial charge is 0.496 e. The molecular weight excluding hydrogens is 274 g/mol. The summed E-state index contributed by atoms with van der Waals surface area (Å²) in [5.41, 5.74) is 9.56. The van der Waals surface area contributed by atoms with Crippen molar-refractivity contribution in [2.45, 2.75) is 33.2 Å². The van der Waals surface area contributed by atoms with Gasteiger partial charge < -0.3 is 14.9 Å². The van der Waals surface area contributed by atoms with Gasteiger partial charge in [-0.2, -0.15) is 0 Å². The Morgan fingerprint density at radius 2 is 1.95 bits per heavy atom. The van der Waals surface area contributed by atoms with Crippen LogP contribution in [0.15, 0.2) is 22.6 Å². The van der Waals surface area contributed by atoms with E-state index in [0.29, 0.717) is 11.4 Å². The van der Waals surface area contributed by atoms with Crippen molar-refractivity contribution >= 4 is 11.6 Å². The fraction of sp³-hybridized carbons (Fsp3) is 0.375. The first-order chi connectivity index (χ1) is 9.43. The zero-order valence-electron chi connectivity index (χ0n) is 12.3. The van der Waals surface area contributed by atoms with Crippen molar-refractivity contribution in [3.8, 4) is 5.75 Å². The summed E-state index contributed by atoms with van der Waals surface area (Å²) in [6.45, 7) is 5.94. The second kappa shape index (κ2) is 5.90. The first kappa shape index (κ1) is 14.9. The van der Waals surface area contributed by atoms with Gasteiger partial charge in [0.15, 0.2) is 0 Å². The van der Waals surface area contributed by atoms with Crippen molar-refractivity contribution in [1.29, 1.82) is 0 Å². The highest BCUT2D eigenvalue weighted by Gasteiger charge is 2.19. The van der Waals surface area contributed by atoms with Crippen molar-refractivity contribution in [2.75, 3.05) is 7.11 Å². The minimum absolute atomic E-state index is 0.139. The Labute approximate surface area is 124 Å². The topological polar surface area (TPSA) is 48.4 Å².